The number of phenols is 1. The van der Waals surface area contributed by atoms with Crippen LogP contribution in [0.5, 0.6) is 11.5 Å². The van der Waals surface area contributed by atoms with Gasteiger partial charge in [-0.25, -0.2) is 0 Å². The van der Waals surface area contributed by atoms with Gasteiger partial charge in [-0.3, -0.25) is 4.79 Å². The number of hydrogen-bond acceptors (Lipinski definition) is 4. The van der Waals surface area contributed by atoms with Crippen LogP contribution in [0.25, 0.3) is 0 Å². The zero-order chi connectivity index (χ0) is 10.5. The molecule has 3 rings (SSSR count). The van der Waals surface area contributed by atoms with Crippen molar-refractivity contribution in [3.05, 3.63) is 23.8 Å². The molecule has 0 unspecified atom stereocenters. The lowest BCUT2D eigenvalue weighted by atomic mass is 9.85. The van der Waals surface area contributed by atoms with Crippen LogP contribution in [0.1, 0.15) is 16.8 Å². The van der Waals surface area contributed by atoms with Crippen LogP contribution in [0.4, 0.5) is 0 Å². The van der Waals surface area contributed by atoms with Gasteiger partial charge in [-0.1, -0.05) is 0 Å². The Labute approximate surface area is 86.9 Å². The standard InChI is InChI=1S/C11H11NO3/c13-7-1-2-8-9(14)4-11(5-12-6-11)15-10(8)3-7/h1-3,12-13H,4-6H2. The zero-order valence-corrected chi connectivity index (χ0v) is 8.12. The summed E-state index contributed by atoms with van der Waals surface area (Å²) >= 11 is 0. The smallest absolute Gasteiger partial charge is 0.170 e. The Balaban J connectivity index is 2.05. The molecule has 1 spiro atoms. The normalized spacial score (nSPS) is 21.7. The van der Waals surface area contributed by atoms with Crippen LogP contribution in [0.15, 0.2) is 18.2 Å². The van der Waals surface area contributed by atoms with Crippen molar-refractivity contribution in [1.29, 1.82) is 0 Å². The van der Waals surface area contributed by atoms with E-state index in [1.165, 1.54) is 12.1 Å². The van der Waals surface area contributed by atoms with Gasteiger partial charge in [-0.05, 0) is 12.1 Å². The quantitative estimate of drug-likeness (QED) is 0.654. The summed E-state index contributed by atoms with van der Waals surface area (Å²) in [4.78, 5) is 11.8. The molecule has 0 aliphatic carbocycles. The molecule has 78 valence electrons. The van der Waals surface area contributed by atoms with E-state index in [1.54, 1.807) is 6.07 Å². The predicted molar refractivity (Wildman–Crippen MR) is 53.3 cm³/mol. The third kappa shape index (κ3) is 1.22. The fourth-order valence-electron chi connectivity index (χ4n) is 2.08. The first-order valence-electron chi connectivity index (χ1n) is 4.95. The number of phenolic OH excluding ortho intramolecular Hbond substituents is 1. The molecule has 1 aromatic carbocycles. The molecule has 0 saturated carbocycles. The van der Waals surface area contributed by atoms with Gasteiger partial charge in [0.05, 0.1) is 12.0 Å². The van der Waals surface area contributed by atoms with E-state index >= 15 is 0 Å². The summed E-state index contributed by atoms with van der Waals surface area (Å²) in [6.45, 7) is 1.40. The maximum atomic E-state index is 11.8. The number of carbonyl (C=O) groups is 1. The Morgan fingerprint density at radius 3 is 2.87 bits per heavy atom. The minimum atomic E-state index is -0.363. The molecule has 0 radical (unpaired) electrons. The first-order chi connectivity index (χ1) is 7.19. The summed E-state index contributed by atoms with van der Waals surface area (Å²) in [5, 5.41) is 12.4. The lowest BCUT2D eigenvalue weighted by Crippen LogP contribution is -2.65. The van der Waals surface area contributed by atoms with Gasteiger partial charge in [0.15, 0.2) is 5.78 Å². The molecule has 0 atom stereocenters. The van der Waals surface area contributed by atoms with Gasteiger partial charge in [0.1, 0.15) is 17.1 Å². The second kappa shape index (κ2) is 2.73. The molecule has 1 saturated heterocycles. The molecule has 0 bridgehead atoms. The van der Waals surface area contributed by atoms with E-state index in [4.69, 9.17) is 4.74 Å². The van der Waals surface area contributed by atoms with E-state index in [-0.39, 0.29) is 17.1 Å². The van der Waals surface area contributed by atoms with Crippen molar-refractivity contribution in [3.8, 4) is 11.5 Å². The highest BCUT2D eigenvalue weighted by atomic mass is 16.5. The van der Waals surface area contributed by atoms with Crippen molar-refractivity contribution in [2.75, 3.05) is 13.1 Å². The van der Waals surface area contributed by atoms with Crippen molar-refractivity contribution in [1.82, 2.24) is 5.32 Å². The van der Waals surface area contributed by atoms with Gasteiger partial charge >= 0.3 is 0 Å². The number of ketones is 1. The van der Waals surface area contributed by atoms with E-state index in [1.807, 2.05) is 0 Å². The summed E-state index contributed by atoms with van der Waals surface area (Å²) in [5.74, 6) is 0.733. The number of hydrogen-bond donors (Lipinski definition) is 2. The van der Waals surface area contributed by atoms with E-state index < -0.39 is 0 Å². The molecule has 2 aliphatic heterocycles. The summed E-state index contributed by atoms with van der Waals surface area (Å²) in [5.41, 5.74) is 0.211. The van der Waals surface area contributed by atoms with Crippen LogP contribution < -0.4 is 10.1 Å². The molecule has 0 amide bonds. The van der Waals surface area contributed by atoms with Crippen molar-refractivity contribution < 1.29 is 14.6 Å². The van der Waals surface area contributed by atoms with E-state index in [9.17, 15) is 9.90 Å². The monoisotopic (exact) mass is 205 g/mol. The number of benzene rings is 1. The zero-order valence-electron chi connectivity index (χ0n) is 8.12. The predicted octanol–water partition coefficient (Wildman–Crippen LogP) is 0.699. The maximum Gasteiger partial charge on any atom is 0.170 e. The van der Waals surface area contributed by atoms with Crippen LogP contribution in [-0.4, -0.2) is 29.6 Å². The second-order valence-corrected chi connectivity index (χ2v) is 4.17. The Morgan fingerprint density at radius 1 is 1.40 bits per heavy atom. The summed E-state index contributed by atoms with van der Waals surface area (Å²) < 4.78 is 5.76. The first kappa shape index (κ1) is 8.73. The molecule has 1 fully saturated rings. The van der Waals surface area contributed by atoms with Crippen molar-refractivity contribution >= 4 is 5.78 Å². The Kier molecular flexibility index (Phi) is 1.59. The average molecular weight is 205 g/mol. The highest BCUT2D eigenvalue weighted by molar-refractivity contribution is 6.00. The van der Waals surface area contributed by atoms with Crippen LogP contribution >= 0.6 is 0 Å². The molecular formula is C11H11NO3. The minimum Gasteiger partial charge on any atom is -0.508 e. The third-order valence-electron chi connectivity index (χ3n) is 2.97. The van der Waals surface area contributed by atoms with Crippen molar-refractivity contribution in [2.24, 2.45) is 0 Å². The number of carbonyl (C=O) groups excluding carboxylic acids is 1. The Morgan fingerprint density at radius 2 is 2.20 bits per heavy atom. The number of fused-ring (bicyclic) bond motifs is 1. The summed E-state index contributed by atoms with van der Waals surface area (Å²) in [7, 11) is 0. The fraction of sp³-hybridized carbons (Fsp3) is 0.364. The van der Waals surface area contributed by atoms with Gasteiger partial charge in [-0.2, -0.15) is 0 Å². The van der Waals surface area contributed by atoms with Crippen LogP contribution in [-0.2, 0) is 0 Å². The van der Waals surface area contributed by atoms with Gasteiger partial charge < -0.3 is 15.2 Å². The van der Waals surface area contributed by atoms with Crippen LogP contribution in [0, 0.1) is 0 Å². The SMILES string of the molecule is O=C1CC2(CNC2)Oc2cc(O)ccc21. The fourth-order valence-corrected chi connectivity index (χ4v) is 2.08. The molecule has 4 nitrogen and oxygen atoms in total. The number of aromatic hydroxyl groups is 1. The van der Waals surface area contributed by atoms with Crippen LogP contribution in [0.3, 0.4) is 0 Å². The third-order valence-corrected chi connectivity index (χ3v) is 2.97. The van der Waals surface area contributed by atoms with Crippen LogP contribution in [0.2, 0.25) is 0 Å². The van der Waals surface area contributed by atoms with E-state index in [0.29, 0.717) is 30.8 Å². The van der Waals surface area contributed by atoms with E-state index in [2.05, 4.69) is 5.32 Å². The maximum absolute atomic E-state index is 11.8. The molecule has 2 heterocycles. The number of ether oxygens (including phenoxy) is 1. The lowest BCUT2D eigenvalue weighted by molar-refractivity contribution is 0.00229. The molecule has 15 heavy (non-hydrogen) atoms. The average Bonchev–Trinajstić information content (AvgIpc) is 2.14. The van der Waals surface area contributed by atoms with Gasteiger partial charge in [0.2, 0.25) is 0 Å². The molecular weight excluding hydrogens is 194 g/mol. The number of Topliss-reactive ketones (excluding diaryl/α,β-unsaturated/α-hetero) is 1. The largest absolute Gasteiger partial charge is 0.508 e. The highest BCUT2D eigenvalue weighted by Gasteiger charge is 2.45. The topological polar surface area (TPSA) is 58.6 Å². The number of rotatable bonds is 0. The second-order valence-electron chi connectivity index (χ2n) is 4.17. The summed E-state index contributed by atoms with van der Waals surface area (Å²) in [6, 6.07) is 4.63. The Hall–Kier alpha value is -1.55. The Bertz CT molecular complexity index is 437. The van der Waals surface area contributed by atoms with Gasteiger partial charge in [0.25, 0.3) is 0 Å². The molecule has 0 aromatic heterocycles. The highest BCUT2D eigenvalue weighted by Crippen LogP contribution is 2.37. The lowest BCUT2D eigenvalue weighted by Gasteiger charge is -2.44. The molecule has 2 N–H and O–H groups in total. The molecule has 2 aliphatic rings. The number of nitrogens with one attached hydrogen (secondary N) is 1. The minimum absolute atomic E-state index is 0.0951. The molecule has 4 heteroatoms. The van der Waals surface area contributed by atoms with Gasteiger partial charge in [0, 0.05) is 19.2 Å². The summed E-state index contributed by atoms with van der Waals surface area (Å²) in [6.07, 6.45) is 0.428. The van der Waals surface area contributed by atoms with Gasteiger partial charge in [-0.15, -0.1) is 0 Å². The van der Waals surface area contributed by atoms with Crippen molar-refractivity contribution in [3.63, 3.8) is 0 Å². The van der Waals surface area contributed by atoms with E-state index in [0.717, 1.165) is 0 Å². The van der Waals surface area contributed by atoms with Crippen molar-refractivity contribution in [2.45, 2.75) is 12.0 Å². The molecule has 1 aromatic rings. The first-order valence-corrected chi connectivity index (χ1v) is 4.95.